The summed E-state index contributed by atoms with van der Waals surface area (Å²) in [5.74, 6) is -11.3. The van der Waals surface area contributed by atoms with Crippen LogP contribution in [-0.2, 0) is 109 Å². The van der Waals surface area contributed by atoms with E-state index in [-0.39, 0.29) is 91.1 Å². The van der Waals surface area contributed by atoms with E-state index in [0.717, 1.165) is 109 Å². The number of carbonyl (C=O) groups excluding carboxylic acids is 12. The average molecular weight is 1940 g/mol. The SMILES string of the molecule is C=C(C)C(=O)Cc1ccc(/C=C/C(=O)Oc2ccc3cc(COC(=O)C(=C)C)ccc3c2)c(F)c1F.C=C(C)C(=O)Cc1ccc(/C=C/C(=O)Oc2ccc3cc(COC(=O)C(=C)C)ccc3c2)c(OC)c1.C=CC(=O)COc1ccc(/C=C/C(=O)Oc2cc3ccc(OCOC(=O)C=C)c(F)c3c(F)c2F)cc1.C=CC(=O)OCc1ccc2cc(OC(=O)/C=C/c3ccc(OCC(=O)C(=C)C)cc3)ccc2c1. The van der Waals surface area contributed by atoms with Crippen molar-refractivity contribution in [2.45, 2.75) is 67.3 Å². The van der Waals surface area contributed by atoms with Crippen LogP contribution in [0, 0.1) is 29.1 Å². The van der Waals surface area contributed by atoms with Crippen LogP contribution in [0.5, 0.6) is 46.0 Å². The summed E-state index contributed by atoms with van der Waals surface area (Å²) in [6.45, 7) is 35.2. The van der Waals surface area contributed by atoms with Crippen LogP contribution in [0.4, 0.5) is 22.0 Å². The number of fused-ring (bicyclic) bond motifs is 4. The Kier molecular flexibility index (Phi) is 40.2. The van der Waals surface area contributed by atoms with Crippen LogP contribution in [-0.4, -0.2) is 98.0 Å². The maximum absolute atomic E-state index is 14.7. The first-order valence-electron chi connectivity index (χ1n) is 43.2. The second kappa shape index (κ2) is 53.0. The van der Waals surface area contributed by atoms with Crippen LogP contribution in [0.25, 0.3) is 67.4 Å². The first-order valence-corrected chi connectivity index (χ1v) is 43.2. The summed E-state index contributed by atoms with van der Waals surface area (Å²) in [6.07, 6.45) is 13.4. The molecule has 0 atom stereocenters. The molecule has 0 N–H and O–H groups in total. The largest absolute Gasteiger partial charge is 0.496 e. The van der Waals surface area contributed by atoms with Gasteiger partial charge in [0.15, 0.2) is 71.1 Å². The third-order valence-corrected chi connectivity index (χ3v) is 20.1. The third-order valence-electron chi connectivity index (χ3n) is 20.1. The zero-order chi connectivity index (χ0) is 104. The fourth-order valence-electron chi connectivity index (χ4n) is 12.4. The fraction of sp³-hybridized carbons (Fsp3) is 0.123. The summed E-state index contributed by atoms with van der Waals surface area (Å²) in [5.41, 5.74) is 6.89. The molecule has 0 radical (unpaired) electrons. The van der Waals surface area contributed by atoms with Gasteiger partial charge in [0, 0.05) is 71.6 Å². The molecule has 0 heterocycles. The van der Waals surface area contributed by atoms with Crippen LogP contribution >= 0.6 is 0 Å². The molecule has 0 spiro atoms. The summed E-state index contributed by atoms with van der Waals surface area (Å²) in [5, 5.41) is 4.39. The number of rotatable bonds is 40. The Labute approximate surface area is 819 Å². The molecule has 730 valence electrons. The molecular weight excluding hydrogens is 1850 g/mol. The number of ketones is 4. The Morgan fingerprint density at radius 1 is 0.301 bits per heavy atom. The van der Waals surface area contributed by atoms with Crippen molar-refractivity contribution in [1.29, 1.82) is 0 Å². The van der Waals surface area contributed by atoms with Gasteiger partial charge >= 0.3 is 47.8 Å². The van der Waals surface area contributed by atoms with Crippen molar-refractivity contribution in [3.8, 4) is 46.0 Å². The monoisotopic (exact) mass is 1940 g/mol. The minimum Gasteiger partial charge on any atom is -0.496 e. The number of carbonyl (C=O) groups is 12. The van der Waals surface area contributed by atoms with E-state index in [1.807, 2.05) is 60.7 Å². The van der Waals surface area contributed by atoms with E-state index in [4.69, 9.17) is 52.1 Å². The van der Waals surface area contributed by atoms with Crippen molar-refractivity contribution in [2.24, 2.45) is 0 Å². The highest BCUT2D eigenvalue weighted by molar-refractivity contribution is 5.99. The van der Waals surface area contributed by atoms with Gasteiger partial charge in [-0.05, 0) is 255 Å². The van der Waals surface area contributed by atoms with E-state index < -0.39 is 106 Å². The molecule has 0 saturated heterocycles. The van der Waals surface area contributed by atoms with Gasteiger partial charge in [0.1, 0.15) is 54.3 Å². The van der Waals surface area contributed by atoms with Crippen LogP contribution in [0.15, 0.2) is 329 Å². The summed E-state index contributed by atoms with van der Waals surface area (Å²) >= 11 is 0. The van der Waals surface area contributed by atoms with Gasteiger partial charge in [-0.2, -0.15) is 4.39 Å². The van der Waals surface area contributed by atoms with Crippen molar-refractivity contribution in [1.82, 2.24) is 0 Å². The number of ether oxygens (including phenoxy) is 12. The molecule has 29 heteroatoms. The Morgan fingerprint density at radius 3 is 1.15 bits per heavy atom. The third kappa shape index (κ3) is 33.6. The van der Waals surface area contributed by atoms with E-state index in [9.17, 15) is 79.5 Å². The summed E-state index contributed by atoms with van der Waals surface area (Å²) in [7, 11) is 1.53. The Bertz CT molecular complexity index is 7160. The molecule has 0 aliphatic heterocycles. The number of Topliss-reactive ketones (excluding diaryl/α,β-unsaturated/α-hetero) is 3. The molecule has 12 rings (SSSR count). The van der Waals surface area contributed by atoms with Crippen molar-refractivity contribution in [3.63, 3.8) is 0 Å². The van der Waals surface area contributed by atoms with Gasteiger partial charge in [-0.1, -0.05) is 162 Å². The zero-order valence-corrected chi connectivity index (χ0v) is 78.5. The van der Waals surface area contributed by atoms with Crippen LogP contribution in [0.1, 0.15) is 84.7 Å². The van der Waals surface area contributed by atoms with Gasteiger partial charge in [-0.3, -0.25) is 19.2 Å². The van der Waals surface area contributed by atoms with Crippen molar-refractivity contribution >= 4 is 138 Å². The van der Waals surface area contributed by atoms with E-state index in [2.05, 4.69) is 57.4 Å². The topological polar surface area (TPSA) is 316 Å². The van der Waals surface area contributed by atoms with Crippen molar-refractivity contribution < 1.29 is 136 Å². The molecule has 0 aliphatic carbocycles. The standard InChI is InChI=1S/C30H28O6.C29H24F2O5.C28H24O6.C27H19F3O7/c1-19(2)27(31)15-21-6-8-23(28(16-21)34-5)11-13-29(32)36-26-12-10-24-14-22(7-9-25(24)17-26)18-35-30(33)20(3)4;1-17(2)25(32)15-23-8-7-20(27(30)28(23)31)10-12-26(33)36-24-11-9-21-13-19(5-6-22(21)14-24)16-35-29(34)18(3)4;1-4-27(30)33-17-21-5-9-23-16-25(13-10-22(23)15-21)34-28(31)14-8-20-6-11-24(12-7-20)32-18-26(29)19(2)3;1-3-18(31)14-34-19-9-5-16(6-10-19)7-12-23(33)37-21-13-17-8-11-20(35-15-36-22(32)4-2)25(28)24(17)27(30)26(21)29/h6-14,16-17H,1,3,15,18H2,2,4-5H3;5-14H,1,3,15-16H2,2,4H3;4-16H,1-2,17-18H2,3H3;3-13H,1-2,14-15H2/b13-11+;12-10+;14-8+;12-7+. The maximum Gasteiger partial charge on any atom is 0.336 e. The first kappa shape index (κ1) is 109. The second-order valence-electron chi connectivity index (χ2n) is 31.3. The maximum atomic E-state index is 14.7. The van der Waals surface area contributed by atoms with Crippen LogP contribution < -0.4 is 37.9 Å². The van der Waals surface area contributed by atoms with Crippen molar-refractivity contribution in [3.05, 3.63) is 408 Å². The normalized spacial score (nSPS) is 10.7. The predicted molar refractivity (Wildman–Crippen MR) is 531 cm³/mol. The molecular formula is C114H95F5O24. The molecule has 12 aromatic carbocycles. The van der Waals surface area contributed by atoms with Gasteiger partial charge in [0.05, 0.1) is 12.5 Å². The quantitative estimate of drug-likeness (QED) is 0.00860. The number of allylic oxidation sites excluding steroid dienone is 2. The van der Waals surface area contributed by atoms with Gasteiger partial charge in [-0.15, -0.1) is 0 Å². The molecule has 12 aromatic rings. The lowest BCUT2D eigenvalue weighted by Crippen LogP contribution is -2.11. The second-order valence-corrected chi connectivity index (χ2v) is 31.3. The van der Waals surface area contributed by atoms with Gasteiger partial charge < -0.3 is 56.8 Å². The summed E-state index contributed by atoms with van der Waals surface area (Å²) < 4.78 is 135. The van der Waals surface area contributed by atoms with Gasteiger partial charge in [0.25, 0.3) is 0 Å². The minimum absolute atomic E-state index is 0.0401. The molecule has 0 bridgehead atoms. The molecule has 0 fully saturated rings. The Balaban J connectivity index is 0.000000213. The van der Waals surface area contributed by atoms with Gasteiger partial charge in [0.2, 0.25) is 12.6 Å². The average Bonchev–Trinajstić information content (AvgIpc) is 0.768. The molecule has 0 amide bonds. The highest BCUT2D eigenvalue weighted by Crippen LogP contribution is 2.36. The number of methoxy groups -OCH3 is 1. The number of hydrogen-bond donors (Lipinski definition) is 0. The summed E-state index contributed by atoms with van der Waals surface area (Å²) in [6, 6.07) is 56.7. The summed E-state index contributed by atoms with van der Waals surface area (Å²) in [4.78, 5) is 141. The lowest BCUT2D eigenvalue weighted by atomic mass is 10.0. The van der Waals surface area contributed by atoms with Gasteiger partial charge in [-0.25, -0.2) is 55.9 Å². The Hall–Kier alpha value is -18.2. The number of hydrogen-bond acceptors (Lipinski definition) is 24. The first-order chi connectivity index (χ1) is 68.3. The molecule has 24 nitrogen and oxygen atoms in total. The molecule has 0 saturated carbocycles. The molecule has 143 heavy (non-hydrogen) atoms. The number of esters is 8. The smallest absolute Gasteiger partial charge is 0.336 e. The van der Waals surface area contributed by atoms with Crippen molar-refractivity contribution in [2.75, 3.05) is 27.1 Å². The zero-order valence-electron chi connectivity index (χ0n) is 78.5. The predicted octanol–water partition coefficient (Wildman–Crippen LogP) is 22.1. The van der Waals surface area contributed by atoms with E-state index in [1.54, 1.807) is 155 Å². The van der Waals surface area contributed by atoms with Crippen LogP contribution in [0.2, 0.25) is 0 Å². The molecule has 0 aliphatic rings. The number of halogens is 5. The highest BCUT2D eigenvalue weighted by atomic mass is 19.2. The van der Waals surface area contributed by atoms with Crippen LogP contribution in [0.3, 0.4) is 0 Å². The molecule has 0 aromatic heterocycles. The lowest BCUT2D eigenvalue weighted by Gasteiger charge is -2.11. The van der Waals surface area contributed by atoms with E-state index in [0.29, 0.717) is 62.2 Å². The highest BCUT2D eigenvalue weighted by Gasteiger charge is 2.24. The minimum atomic E-state index is -1.60. The fourth-order valence-corrected chi connectivity index (χ4v) is 12.4. The molecule has 0 unspecified atom stereocenters. The lowest BCUT2D eigenvalue weighted by molar-refractivity contribution is -0.144. The number of benzene rings is 12. The Morgan fingerprint density at radius 2 is 0.699 bits per heavy atom. The van der Waals surface area contributed by atoms with E-state index in [1.165, 1.54) is 50.5 Å². The van der Waals surface area contributed by atoms with E-state index >= 15 is 0 Å².